The minimum absolute atomic E-state index is 0.0261. The van der Waals surface area contributed by atoms with Crippen molar-refractivity contribution in [2.24, 2.45) is 0 Å². The number of nitrogens with one attached hydrogen (secondary N) is 3. The quantitative estimate of drug-likeness (QED) is 0.397. The summed E-state index contributed by atoms with van der Waals surface area (Å²) in [7, 11) is 0. The van der Waals surface area contributed by atoms with Crippen LogP contribution in [-0.4, -0.2) is 44.3 Å². The zero-order valence-corrected chi connectivity index (χ0v) is 20.1. The highest BCUT2D eigenvalue weighted by molar-refractivity contribution is 6.04. The molecule has 1 atom stereocenters. The van der Waals surface area contributed by atoms with Crippen LogP contribution in [0.15, 0.2) is 36.4 Å². The standard InChI is InChI=1S/C25H26F6N4O3/c26-24(27,28)15-10-16(25(29,30)31)12-18(11-15)34-23(37)33-17-5-6-21(35-7-1-2-8-35)20(13-17)22(36)32-14-19-4-3-9-38-19/h5-6,10-13,19H,1-4,7-9,14H2,(H,32,36)(H2,33,34,37). The van der Waals surface area contributed by atoms with E-state index in [9.17, 15) is 35.9 Å². The highest BCUT2D eigenvalue weighted by atomic mass is 19.4. The van der Waals surface area contributed by atoms with Gasteiger partial charge in [-0.05, 0) is 62.1 Å². The van der Waals surface area contributed by atoms with Crippen molar-refractivity contribution < 1.29 is 40.7 Å². The monoisotopic (exact) mass is 544 g/mol. The first-order valence-electron chi connectivity index (χ1n) is 12.1. The Kier molecular flexibility index (Phi) is 8.05. The molecule has 38 heavy (non-hydrogen) atoms. The summed E-state index contributed by atoms with van der Waals surface area (Å²) in [6, 6.07) is 4.31. The molecule has 4 rings (SSSR count). The molecule has 3 amide bonds. The second-order valence-electron chi connectivity index (χ2n) is 9.14. The summed E-state index contributed by atoms with van der Waals surface area (Å²) in [6.45, 7) is 2.44. The molecule has 0 aliphatic carbocycles. The summed E-state index contributed by atoms with van der Waals surface area (Å²) >= 11 is 0. The predicted molar refractivity (Wildman–Crippen MR) is 128 cm³/mol. The minimum Gasteiger partial charge on any atom is -0.376 e. The topological polar surface area (TPSA) is 82.7 Å². The van der Waals surface area contributed by atoms with Gasteiger partial charge in [-0.25, -0.2) is 4.79 Å². The maximum absolute atomic E-state index is 13.1. The van der Waals surface area contributed by atoms with Gasteiger partial charge in [0.15, 0.2) is 0 Å². The van der Waals surface area contributed by atoms with E-state index in [4.69, 9.17) is 4.74 Å². The molecule has 2 aliphatic heterocycles. The first kappa shape index (κ1) is 27.6. The number of halogens is 6. The Bertz CT molecular complexity index is 1140. The highest BCUT2D eigenvalue weighted by Gasteiger charge is 2.37. The van der Waals surface area contributed by atoms with Gasteiger partial charge in [0.2, 0.25) is 0 Å². The molecule has 2 saturated heterocycles. The summed E-state index contributed by atoms with van der Waals surface area (Å²) < 4.78 is 84.3. The predicted octanol–water partition coefficient (Wildman–Crippen LogP) is 5.88. The Morgan fingerprint density at radius 2 is 1.50 bits per heavy atom. The van der Waals surface area contributed by atoms with Gasteiger partial charge in [-0.2, -0.15) is 26.3 Å². The third-order valence-corrected chi connectivity index (χ3v) is 6.31. The van der Waals surface area contributed by atoms with Crippen molar-refractivity contribution in [2.45, 2.75) is 44.1 Å². The number of hydrogen-bond acceptors (Lipinski definition) is 4. The van der Waals surface area contributed by atoms with Crippen LogP contribution in [0.1, 0.15) is 47.2 Å². The molecule has 0 spiro atoms. The third-order valence-electron chi connectivity index (χ3n) is 6.31. The molecule has 0 bridgehead atoms. The number of anilines is 3. The molecule has 1 unspecified atom stereocenters. The first-order chi connectivity index (χ1) is 17.9. The van der Waals surface area contributed by atoms with Gasteiger partial charge in [0.05, 0.1) is 22.8 Å². The number of carbonyl (C=O) groups is 2. The summed E-state index contributed by atoms with van der Waals surface area (Å²) in [5.41, 5.74) is -2.72. The van der Waals surface area contributed by atoms with Gasteiger partial charge in [-0.15, -0.1) is 0 Å². The van der Waals surface area contributed by atoms with Crippen molar-refractivity contribution in [1.29, 1.82) is 0 Å². The van der Waals surface area contributed by atoms with Crippen molar-refractivity contribution >= 4 is 29.0 Å². The van der Waals surface area contributed by atoms with Gasteiger partial charge < -0.3 is 25.6 Å². The van der Waals surface area contributed by atoms with E-state index in [0.29, 0.717) is 31.0 Å². The lowest BCUT2D eigenvalue weighted by Gasteiger charge is -2.22. The molecule has 2 aromatic rings. The van der Waals surface area contributed by atoms with Crippen LogP contribution in [-0.2, 0) is 17.1 Å². The van der Waals surface area contributed by atoms with Crippen LogP contribution in [0.4, 0.5) is 48.2 Å². The number of alkyl halides is 6. The number of urea groups is 1. The van der Waals surface area contributed by atoms with Crippen LogP contribution in [0.5, 0.6) is 0 Å². The molecular weight excluding hydrogens is 518 g/mol. The molecule has 0 saturated carbocycles. The average Bonchev–Trinajstić information content (AvgIpc) is 3.56. The lowest BCUT2D eigenvalue weighted by atomic mass is 10.1. The number of nitrogens with zero attached hydrogens (tertiary/aromatic N) is 1. The Hall–Kier alpha value is -3.48. The van der Waals surface area contributed by atoms with Gasteiger partial charge in [0.1, 0.15) is 0 Å². The number of amides is 3. The summed E-state index contributed by atoms with van der Waals surface area (Å²) in [5, 5.41) is 7.23. The van der Waals surface area contributed by atoms with Crippen molar-refractivity contribution in [3.8, 4) is 0 Å². The second kappa shape index (κ2) is 11.1. The van der Waals surface area contributed by atoms with E-state index in [1.54, 1.807) is 6.07 Å². The molecule has 2 aromatic carbocycles. The SMILES string of the molecule is O=C(Nc1cc(C(F)(F)F)cc(C(F)(F)F)c1)Nc1ccc(N2CCCC2)c(C(=O)NCC2CCCO2)c1. The average molecular weight is 544 g/mol. The fourth-order valence-electron chi connectivity index (χ4n) is 4.46. The van der Waals surface area contributed by atoms with Crippen LogP contribution in [0.3, 0.4) is 0 Å². The number of rotatable bonds is 6. The maximum Gasteiger partial charge on any atom is 0.416 e. The lowest BCUT2D eigenvalue weighted by Crippen LogP contribution is -2.33. The molecule has 2 fully saturated rings. The Morgan fingerprint density at radius 1 is 0.868 bits per heavy atom. The van der Waals surface area contributed by atoms with E-state index in [1.165, 1.54) is 12.1 Å². The Morgan fingerprint density at radius 3 is 2.08 bits per heavy atom. The fourth-order valence-corrected chi connectivity index (χ4v) is 4.46. The summed E-state index contributed by atoms with van der Waals surface area (Å²) in [4.78, 5) is 27.6. The third kappa shape index (κ3) is 6.88. The van der Waals surface area contributed by atoms with Crippen molar-refractivity contribution in [3.63, 3.8) is 0 Å². The molecule has 13 heteroatoms. The van der Waals surface area contributed by atoms with Crippen LogP contribution in [0, 0.1) is 0 Å². The fraction of sp³-hybridized carbons (Fsp3) is 0.440. The van der Waals surface area contributed by atoms with E-state index in [0.717, 1.165) is 38.8 Å². The Labute approximate surface area is 214 Å². The smallest absolute Gasteiger partial charge is 0.376 e. The van der Waals surface area contributed by atoms with Gasteiger partial charge in [0.25, 0.3) is 5.91 Å². The molecular formula is C25H26F6N4O3. The zero-order valence-electron chi connectivity index (χ0n) is 20.1. The van der Waals surface area contributed by atoms with E-state index in [-0.39, 0.29) is 29.3 Å². The molecule has 0 aromatic heterocycles. The van der Waals surface area contributed by atoms with E-state index < -0.39 is 35.2 Å². The molecule has 3 N–H and O–H groups in total. The molecule has 7 nitrogen and oxygen atoms in total. The van der Waals surface area contributed by atoms with Crippen molar-refractivity contribution in [3.05, 3.63) is 53.1 Å². The van der Waals surface area contributed by atoms with Gasteiger partial charge in [-0.1, -0.05) is 0 Å². The number of hydrogen-bond donors (Lipinski definition) is 3. The highest BCUT2D eigenvalue weighted by Crippen LogP contribution is 2.37. The normalized spacial score (nSPS) is 17.9. The lowest BCUT2D eigenvalue weighted by molar-refractivity contribution is -0.143. The maximum atomic E-state index is 13.1. The summed E-state index contributed by atoms with van der Waals surface area (Å²) in [6.07, 6.45) is -6.55. The van der Waals surface area contributed by atoms with Gasteiger partial charge >= 0.3 is 18.4 Å². The van der Waals surface area contributed by atoms with Gasteiger partial charge in [0, 0.05) is 43.3 Å². The number of carbonyl (C=O) groups excluding carboxylic acids is 2. The molecule has 206 valence electrons. The summed E-state index contributed by atoms with van der Waals surface area (Å²) in [5.74, 6) is -0.390. The largest absolute Gasteiger partial charge is 0.416 e. The van der Waals surface area contributed by atoms with Crippen molar-refractivity contribution in [2.75, 3.05) is 41.8 Å². The van der Waals surface area contributed by atoms with Crippen LogP contribution < -0.4 is 20.9 Å². The van der Waals surface area contributed by atoms with Crippen LogP contribution in [0.25, 0.3) is 0 Å². The van der Waals surface area contributed by atoms with E-state index >= 15 is 0 Å². The van der Waals surface area contributed by atoms with Crippen LogP contribution in [0.2, 0.25) is 0 Å². The second-order valence-corrected chi connectivity index (χ2v) is 9.14. The number of ether oxygens (including phenoxy) is 1. The van der Waals surface area contributed by atoms with E-state index in [1.807, 2.05) is 10.2 Å². The zero-order chi connectivity index (χ0) is 27.5. The van der Waals surface area contributed by atoms with E-state index in [2.05, 4.69) is 10.6 Å². The van der Waals surface area contributed by atoms with Gasteiger partial charge in [-0.3, -0.25) is 4.79 Å². The minimum atomic E-state index is -5.05. The first-order valence-corrected chi connectivity index (χ1v) is 12.1. The number of benzene rings is 2. The Balaban J connectivity index is 1.52. The molecule has 2 heterocycles. The van der Waals surface area contributed by atoms with Crippen molar-refractivity contribution in [1.82, 2.24) is 5.32 Å². The van der Waals surface area contributed by atoms with Crippen LogP contribution >= 0.6 is 0 Å². The molecule has 2 aliphatic rings. The molecule has 0 radical (unpaired) electrons.